The van der Waals surface area contributed by atoms with Gasteiger partial charge in [0, 0.05) is 60.9 Å². The van der Waals surface area contributed by atoms with Crippen LogP contribution in [0.15, 0.2) is 18.2 Å². The third-order valence-corrected chi connectivity index (χ3v) is 11.5. The highest BCUT2D eigenvalue weighted by Gasteiger charge is 2.49. The number of aryl methyl sites for hydroxylation is 1. The van der Waals surface area contributed by atoms with Crippen molar-refractivity contribution in [1.29, 1.82) is 10.5 Å². The molecule has 0 spiro atoms. The van der Waals surface area contributed by atoms with Gasteiger partial charge in [0.05, 0.1) is 21.9 Å². The van der Waals surface area contributed by atoms with Gasteiger partial charge in [-0.3, -0.25) is 4.90 Å². The average molecular weight is 659 g/mol. The van der Waals surface area contributed by atoms with E-state index in [0.29, 0.717) is 48.4 Å². The van der Waals surface area contributed by atoms with Gasteiger partial charge in [0.25, 0.3) is 0 Å². The van der Waals surface area contributed by atoms with Crippen LogP contribution < -0.4 is 20.7 Å². The minimum atomic E-state index is -0.924. The molecule has 2 bridgehead atoms. The molecule has 6 heterocycles. The van der Waals surface area contributed by atoms with E-state index in [1.807, 2.05) is 6.07 Å². The molecule has 3 N–H and O–H groups in total. The molecule has 4 aliphatic heterocycles. The molecule has 9 nitrogen and oxygen atoms in total. The Hall–Kier alpha value is -4.17. The minimum Gasteiger partial charge on any atom is -0.461 e. The van der Waals surface area contributed by atoms with Gasteiger partial charge in [-0.05, 0) is 61.9 Å². The smallest absolute Gasteiger partial charge is 0.319 e. The van der Waals surface area contributed by atoms with Crippen molar-refractivity contribution in [3.8, 4) is 29.3 Å². The predicted octanol–water partition coefficient (Wildman–Crippen LogP) is 5.60. The molecule has 47 heavy (non-hydrogen) atoms. The lowest BCUT2D eigenvalue weighted by Crippen LogP contribution is -2.51. The maximum Gasteiger partial charge on any atom is 0.319 e. The van der Waals surface area contributed by atoms with Crippen molar-refractivity contribution in [2.24, 2.45) is 0 Å². The van der Waals surface area contributed by atoms with Crippen LogP contribution in [-0.2, 0) is 6.42 Å². The second-order valence-corrected chi connectivity index (χ2v) is 14.3. The summed E-state index contributed by atoms with van der Waals surface area (Å²) in [6.45, 7) is 2.74. The number of ether oxygens (including phenoxy) is 1. The Labute approximate surface area is 273 Å². The van der Waals surface area contributed by atoms with Crippen molar-refractivity contribution in [3.63, 3.8) is 0 Å². The first kappa shape index (κ1) is 30.2. The molecule has 4 atom stereocenters. The van der Waals surface area contributed by atoms with Crippen molar-refractivity contribution in [1.82, 2.24) is 20.2 Å². The Morgan fingerprint density at radius 1 is 1.15 bits per heavy atom. The standard InChI is InChI=1S/C34H33F3N8OS/c35-19-12-34(8-2-10-45(34)14-19)17-46-33-42-29-23(32(43-33)44-15-20-4-5-21(16-44)41-20)11-18(3-1-9-38)26(28(29)37)22-6-7-25(36)30-27(22)24(13-39)31(40)47-30/h6-7,11,19-21,41H,1-5,8,10,12,14-17,40H2/t19-,20?,21?,34+/m1/s1. The number of anilines is 2. The van der Waals surface area contributed by atoms with E-state index in [9.17, 15) is 14.9 Å². The second kappa shape index (κ2) is 11.5. The zero-order chi connectivity index (χ0) is 32.4. The largest absolute Gasteiger partial charge is 0.461 e. The molecule has 4 aromatic rings. The van der Waals surface area contributed by atoms with Crippen molar-refractivity contribution >= 4 is 43.1 Å². The Morgan fingerprint density at radius 2 is 1.96 bits per heavy atom. The molecule has 242 valence electrons. The zero-order valence-corrected chi connectivity index (χ0v) is 26.5. The van der Waals surface area contributed by atoms with Crippen LogP contribution in [0, 0.1) is 34.3 Å². The van der Waals surface area contributed by atoms with Crippen LogP contribution in [0.3, 0.4) is 0 Å². The van der Waals surface area contributed by atoms with Gasteiger partial charge in [0.1, 0.15) is 41.0 Å². The Morgan fingerprint density at radius 3 is 2.72 bits per heavy atom. The van der Waals surface area contributed by atoms with E-state index in [1.165, 1.54) is 12.1 Å². The highest BCUT2D eigenvalue weighted by Crippen LogP contribution is 2.45. The Bertz CT molecular complexity index is 1990. The summed E-state index contributed by atoms with van der Waals surface area (Å²) in [7, 11) is 0. The number of benzene rings is 2. The molecule has 8 rings (SSSR count). The number of halogens is 3. The van der Waals surface area contributed by atoms with Gasteiger partial charge in [-0.25, -0.2) is 13.2 Å². The first-order chi connectivity index (χ1) is 22.8. The number of piperazine rings is 1. The Balaban J connectivity index is 1.32. The first-order valence-electron chi connectivity index (χ1n) is 16.1. The van der Waals surface area contributed by atoms with Gasteiger partial charge in [-0.2, -0.15) is 20.5 Å². The van der Waals surface area contributed by atoms with E-state index in [2.05, 4.69) is 32.2 Å². The van der Waals surface area contributed by atoms with Gasteiger partial charge < -0.3 is 20.7 Å². The lowest BCUT2D eigenvalue weighted by molar-refractivity contribution is 0.107. The number of hydrogen-bond donors (Lipinski definition) is 2. The number of nitrogens with one attached hydrogen (secondary N) is 1. The molecule has 4 aliphatic rings. The van der Waals surface area contributed by atoms with E-state index in [0.717, 1.165) is 43.6 Å². The van der Waals surface area contributed by atoms with Gasteiger partial charge in [0.15, 0.2) is 5.82 Å². The fourth-order valence-corrected chi connectivity index (χ4v) is 9.30. The van der Waals surface area contributed by atoms with Crippen LogP contribution >= 0.6 is 11.3 Å². The zero-order valence-electron chi connectivity index (χ0n) is 25.7. The average Bonchev–Trinajstić information content (AvgIpc) is 3.79. The van der Waals surface area contributed by atoms with Gasteiger partial charge in [-0.15, -0.1) is 11.3 Å². The molecule has 0 saturated carbocycles. The van der Waals surface area contributed by atoms with E-state index < -0.39 is 23.3 Å². The van der Waals surface area contributed by atoms with Gasteiger partial charge in [-0.1, -0.05) is 6.07 Å². The molecular formula is C34H33F3N8OS. The normalized spacial score (nSPS) is 25.4. The van der Waals surface area contributed by atoms with Crippen molar-refractivity contribution in [2.45, 2.75) is 68.7 Å². The quantitative estimate of drug-likeness (QED) is 0.261. The molecule has 2 aromatic heterocycles. The maximum atomic E-state index is 17.3. The van der Waals surface area contributed by atoms with Crippen LogP contribution in [0.5, 0.6) is 6.01 Å². The molecule has 4 fully saturated rings. The summed E-state index contributed by atoms with van der Waals surface area (Å²) in [4.78, 5) is 13.8. The summed E-state index contributed by atoms with van der Waals surface area (Å²) in [6.07, 6.45) is 3.61. The predicted molar refractivity (Wildman–Crippen MR) is 174 cm³/mol. The van der Waals surface area contributed by atoms with Crippen molar-refractivity contribution in [3.05, 3.63) is 41.0 Å². The highest BCUT2D eigenvalue weighted by molar-refractivity contribution is 7.23. The summed E-state index contributed by atoms with van der Waals surface area (Å²) < 4.78 is 53.3. The molecule has 13 heteroatoms. The summed E-state index contributed by atoms with van der Waals surface area (Å²) in [6, 6.07) is 9.32. The number of rotatable bonds is 7. The fourth-order valence-electron chi connectivity index (χ4n) is 8.35. The number of fused-ring (bicyclic) bond motifs is 5. The number of aromatic nitrogens is 2. The minimum absolute atomic E-state index is 0.0123. The Kier molecular flexibility index (Phi) is 7.39. The molecule has 0 amide bonds. The van der Waals surface area contributed by atoms with Crippen LogP contribution in [-0.4, -0.2) is 71.4 Å². The van der Waals surface area contributed by atoms with Crippen LogP contribution in [0.2, 0.25) is 0 Å². The number of nitrogens with two attached hydrogens (primary N) is 1. The van der Waals surface area contributed by atoms with Gasteiger partial charge >= 0.3 is 6.01 Å². The second-order valence-electron chi connectivity index (χ2n) is 13.3. The number of nitrogen functional groups attached to an aromatic ring is 1. The van der Waals surface area contributed by atoms with Gasteiger partial charge in [0.2, 0.25) is 0 Å². The van der Waals surface area contributed by atoms with Crippen molar-refractivity contribution < 1.29 is 17.9 Å². The monoisotopic (exact) mass is 658 g/mol. The maximum absolute atomic E-state index is 17.3. The lowest BCUT2D eigenvalue weighted by atomic mass is 9.91. The van der Waals surface area contributed by atoms with Crippen molar-refractivity contribution in [2.75, 3.05) is 43.4 Å². The first-order valence-corrected chi connectivity index (χ1v) is 16.9. The van der Waals surface area contributed by atoms with E-state index in [4.69, 9.17) is 15.5 Å². The highest BCUT2D eigenvalue weighted by atomic mass is 32.1. The number of nitrogens with zero attached hydrogens (tertiary/aromatic N) is 6. The number of thiophene rings is 1. The molecular weight excluding hydrogens is 625 g/mol. The molecule has 4 saturated heterocycles. The van der Waals surface area contributed by atoms with Crippen LogP contribution in [0.25, 0.3) is 32.1 Å². The molecule has 0 radical (unpaired) electrons. The molecule has 0 aliphatic carbocycles. The van der Waals surface area contributed by atoms with E-state index in [1.54, 1.807) is 0 Å². The van der Waals surface area contributed by atoms with E-state index in [-0.39, 0.29) is 69.3 Å². The number of hydrogen-bond acceptors (Lipinski definition) is 10. The number of nitriles is 2. The molecule has 2 unspecified atom stereocenters. The lowest BCUT2D eigenvalue weighted by Gasteiger charge is -2.35. The summed E-state index contributed by atoms with van der Waals surface area (Å²) >= 11 is 0.944. The van der Waals surface area contributed by atoms with E-state index >= 15 is 8.78 Å². The van der Waals surface area contributed by atoms with Crippen LogP contribution in [0.4, 0.5) is 24.0 Å². The van der Waals surface area contributed by atoms with Crippen LogP contribution in [0.1, 0.15) is 49.7 Å². The fraction of sp³-hybridized carbons (Fsp3) is 0.471. The summed E-state index contributed by atoms with van der Waals surface area (Å²) in [5.74, 6) is -0.684. The molecule has 2 aromatic carbocycles. The summed E-state index contributed by atoms with van der Waals surface area (Å²) in [5.41, 5.74) is 6.76. The third-order valence-electron chi connectivity index (χ3n) is 10.4. The third kappa shape index (κ3) is 4.95. The number of alkyl halides is 1. The SMILES string of the molecule is N#CCCc1cc2c(N3CC4CCC(C3)N4)nc(OC[C@@]34CCCN3C[C@H](F)C4)nc2c(F)c1-c1ccc(F)c2sc(N)c(C#N)c12. The summed E-state index contributed by atoms with van der Waals surface area (Å²) in [5, 5.41) is 24.0. The topological polar surface area (TPSA) is 127 Å².